The maximum Gasteiger partial charge on any atom is 0.160 e. The summed E-state index contributed by atoms with van der Waals surface area (Å²) in [6.45, 7) is 12.2. The Morgan fingerprint density at radius 2 is 1.87 bits per heavy atom. The van der Waals surface area contributed by atoms with E-state index in [0.29, 0.717) is 5.25 Å². The highest BCUT2D eigenvalue weighted by molar-refractivity contribution is 8.14. The lowest BCUT2D eigenvalue weighted by Gasteiger charge is -2.27. The molecule has 5 rings (SSSR count). The van der Waals surface area contributed by atoms with E-state index in [2.05, 4.69) is 85.5 Å². The zero-order valence-electron chi connectivity index (χ0n) is 18.3. The van der Waals surface area contributed by atoms with Gasteiger partial charge < -0.3 is 9.47 Å². The SMILES string of the molecule is Cc1cccc(-n2c(C)cc([C@H]3[C@@H](c4ccccn4)N=C4S[C@@H](C)CN43)c2C)c1C. The molecule has 154 valence electrons. The molecule has 4 nitrogen and oxygen atoms in total. The zero-order valence-corrected chi connectivity index (χ0v) is 19.1. The molecule has 1 fully saturated rings. The van der Waals surface area contributed by atoms with Gasteiger partial charge in [-0.3, -0.25) is 9.98 Å². The molecule has 5 heteroatoms. The van der Waals surface area contributed by atoms with Gasteiger partial charge in [0.05, 0.1) is 11.7 Å². The maximum atomic E-state index is 5.15. The quantitative estimate of drug-likeness (QED) is 0.549. The third kappa shape index (κ3) is 2.99. The number of aromatic nitrogens is 2. The smallest absolute Gasteiger partial charge is 0.160 e. The van der Waals surface area contributed by atoms with Gasteiger partial charge in [-0.2, -0.15) is 0 Å². The molecule has 0 unspecified atom stereocenters. The Hall–Kier alpha value is -2.53. The standard InChI is InChI=1S/C25H28N4S/c1-15-9-8-11-22(18(15)4)29-16(2)13-20(19(29)5)24-23(21-10-6-7-12-26-21)27-25-28(24)14-17(3)30-25/h6-13,17,23-24H,14H2,1-5H3/t17-,23+,24-/m0/s1. The van der Waals surface area contributed by atoms with E-state index in [0.717, 1.165) is 12.2 Å². The van der Waals surface area contributed by atoms with Crippen molar-refractivity contribution in [2.45, 2.75) is 52.0 Å². The number of hydrogen-bond donors (Lipinski definition) is 0. The largest absolute Gasteiger partial charge is 0.341 e. The molecule has 3 aromatic rings. The van der Waals surface area contributed by atoms with Crippen LogP contribution in [0.15, 0.2) is 53.7 Å². The van der Waals surface area contributed by atoms with Crippen LogP contribution in [0.2, 0.25) is 0 Å². The number of aliphatic imine (C=N–C) groups is 1. The second-order valence-electron chi connectivity index (χ2n) is 8.52. The van der Waals surface area contributed by atoms with Gasteiger partial charge in [0.25, 0.3) is 0 Å². The summed E-state index contributed by atoms with van der Waals surface area (Å²) in [5, 5.41) is 1.73. The average Bonchev–Trinajstić information content (AvgIpc) is 3.35. The van der Waals surface area contributed by atoms with Crippen molar-refractivity contribution in [3.05, 3.63) is 82.4 Å². The summed E-state index contributed by atoms with van der Waals surface area (Å²) in [5.74, 6) is 0. The van der Waals surface area contributed by atoms with Crippen molar-refractivity contribution in [2.75, 3.05) is 6.54 Å². The predicted molar refractivity (Wildman–Crippen MR) is 126 cm³/mol. The van der Waals surface area contributed by atoms with Crippen LogP contribution in [0.3, 0.4) is 0 Å². The number of hydrogen-bond acceptors (Lipinski definition) is 4. The summed E-state index contributed by atoms with van der Waals surface area (Å²) in [6.07, 6.45) is 1.88. The molecule has 0 radical (unpaired) electrons. The Balaban J connectivity index is 1.65. The van der Waals surface area contributed by atoms with Gasteiger partial charge in [0.2, 0.25) is 0 Å². The molecule has 3 atom stereocenters. The fourth-order valence-corrected chi connectivity index (χ4v) is 5.98. The van der Waals surface area contributed by atoms with Crippen molar-refractivity contribution >= 4 is 16.9 Å². The first kappa shape index (κ1) is 19.4. The summed E-state index contributed by atoms with van der Waals surface area (Å²) < 4.78 is 2.41. The minimum atomic E-state index is 0.0359. The van der Waals surface area contributed by atoms with Crippen molar-refractivity contribution in [1.29, 1.82) is 0 Å². The average molecular weight is 417 g/mol. The van der Waals surface area contributed by atoms with Crippen LogP contribution in [0.25, 0.3) is 5.69 Å². The Morgan fingerprint density at radius 3 is 2.63 bits per heavy atom. The normalized spacial score (nSPS) is 23.0. The van der Waals surface area contributed by atoms with E-state index in [4.69, 9.17) is 4.99 Å². The first-order valence-electron chi connectivity index (χ1n) is 10.6. The second kappa shape index (κ2) is 7.31. The minimum Gasteiger partial charge on any atom is -0.341 e. The number of fused-ring (bicyclic) bond motifs is 1. The molecule has 0 N–H and O–H groups in total. The Kier molecular flexibility index (Phi) is 4.73. The van der Waals surface area contributed by atoms with Crippen LogP contribution in [-0.2, 0) is 0 Å². The van der Waals surface area contributed by atoms with E-state index in [1.807, 2.05) is 24.0 Å². The highest BCUT2D eigenvalue weighted by Crippen LogP contribution is 2.49. The topological polar surface area (TPSA) is 33.4 Å². The molecule has 0 amide bonds. The van der Waals surface area contributed by atoms with Gasteiger partial charge in [-0.1, -0.05) is 36.9 Å². The molecule has 2 aliphatic heterocycles. The van der Waals surface area contributed by atoms with Crippen molar-refractivity contribution < 1.29 is 0 Å². The first-order chi connectivity index (χ1) is 14.5. The van der Waals surface area contributed by atoms with Gasteiger partial charge in [0.15, 0.2) is 5.17 Å². The first-order valence-corrected chi connectivity index (χ1v) is 11.5. The van der Waals surface area contributed by atoms with Gasteiger partial charge in [-0.15, -0.1) is 0 Å². The van der Waals surface area contributed by atoms with Gasteiger partial charge in [-0.05, 0) is 68.7 Å². The van der Waals surface area contributed by atoms with Crippen molar-refractivity contribution in [1.82, 2.24) is 14.5 Å². The molecule has 1 saturated heterocycles. The molecule has 2 aliphatic rings. The minimum absolute atomic E-state index is 0.0359. The maximum absolute atomic E-state index is 5.15. The fraction of sp³-hybridized carbons (Fsp3) is 0.360. The van der Waals surface area contributed by atoms with Crippen LogP contribution >= 0.6 is 11.8 Å². The Morgan fingerprint density at radius 1 is 1.03 bits per heavy atom. The summed E-state index contributed by atoms with van der Waals surface area (Å²) in [5.41, 5.74) is 8.91. The highest BCUT2D eigenvalue weighted by atomic mass is 32.2. The van der Waals surface area contributed by atoms with Crippen molar-refractivity contribution in [3.8, 4) is 5.69 Å². The molecule has 2 aromatic heterocycles. The van der Waals surface area contributed by atoms with Crippen LogP contribution in [0.1, 0.15) is 52.8 Å². The number of amidine groups is 1. The second-order valence-corrected chi connectivity index (χ2v) is 9.92. The third-order valence-corrected chi connectivity index (χ3v) is 7.59. The van der Waals surface area contributed by atoms with Crippen LogP contribution < -0.4 is 0 Å². The van der Waals surface area contributed by atoms with Gasteiger partial charge >= 0.3 is 0 Å². The van der Waals surface area contributed by atoms with E-state index < -0.39 is 0 Å². The highest BCUT2D eigenvalue weighted by Gasteiger charge is 2.44. The lowest BCUT2D eigenvalue weighted by Crippen LogP contribution is -2.28. The molecule has 0 bridgehead atoms. The summed E-state index contributed by atoms with van der Waals surface area (Å²) in [6, 6.07) is 15.3. The van der Waals surface area contributed by atoms with Crippen molar-refractivity contribution in [3.63, 3.8) is 0 Å². The molecule has 4 heterocycles. The Labute approximate surface area is 183 Å². The number of thioether (sulfide) groups is 1. The lowest BCUT2D eigenvalue weighted by atomic mass is 9.96. The molecule has 0 saturated carbocycles. The molecule has 30 heavy (non-hydrogen) atoms. The zero-order chi connectivity index (χ0) is 21.0. The number of pyridine rings is 1. The summed E-state index contributed by atoms with van der Waals surface area (Å²) in [7, 11) is 0. The number of nitrogens with zero attached hydrogens (tertiary/aromatic N) is 4. The number of aryl methyl sites for hydroxylation is 2. The monoisotopic (exact) mass is 416 g/mol. The molecular formula is C25H28N4S. The summed E-state index contributed by atoms with van der Waals surface area (Å²) >= 11 is 1.89. The van der Waals surface area contributed by atoms with Crippen LogP contribution in [0, 0.1) is 27.7 Å². The van der Waals surface area contributed by atoms with Gasteiger partial charge in [0.1, 0.15) is 6.04 Å². The van der Waals surface area contributed by atoms with E-state index >= 15 is 0 Å². The molecular weight excluding hydrogens is 388 g/mol. The van der Waals surface area contributed by atoms with E-state index in [9.17, 15) is 0 Å². The fourth-order valence-electron chi connectivity index (χ4n) is 4.89. The lowest BCUT2D eigenvalue weighted by molar-refractivity contribution is 0.320. The summed E-state index contributed by atoms with van der Waals surface area (Å²) in [4.78, 5) is 12.3. The van der Waals surface area contributed by atoms with Crippen LogP contribution in [0.4, 0.5) is 0 Å². The number of benzene rings is 1. The van der Waals surface area contributed by atoms with Crippen LogP contribution in [-0.4, -0.2) is 31.4 Å². The van der Waals surface area contributed by atoms with Gasteiger partial charge in [-0.25, -0.2) is 0 Å². The van der Waals surface area contributed by atoms with Crippen molar-refractivity contribution in [2.24, 2.45) is 4.99 Å². The van der Waals surface area contributed by atoms with E-state index in [1.54, 1.807) is 0 Å². The van der Waals surface area contributed by atoms with E-state index in [-0.39, 0.29) is 12.1 Å². The van der Waals surface area contributed by atoms with Crippen LogP contribution in [0.5, 0.6) is 0 Å². The Bertz CT molecular complexity index is 1130. The molecule has 1 aromatic carbocycles. The number of rotatable bonds is 3. The predicted octanol–water partition coefficient (Wildman–Crippen LogP) is 5.70. The van der Waals surface area contributed by atoms with Gasteiger partial charge in [0, 0.05) is 35.1 Å². The third-order valence-electron chi connectivity index (χ3n) is 6.49. The molecule has 0 spiro atoms. The van der Waals surface area contributed by atoms with E-state index in [1.165, 1.54) is 38.9 Å². The molecule has 0 aliphatic carbocycles.